The van der Waals surface area contributed by atoms with Crippen molar-refractivity contribution in [2.24, 2.45) is 17.8 Å². The van der Waals surface area contributed by atoms with Crippen LogP contribution in [-0.4, -0.2) is 47.6 Å². The summed E-state index contributed by atoms with van der Waals surface area (Å²) in [5, 5.41) is 0. The van der Waals surface area contributed by atoms with Crippen molar-refractivity contribution in [3.05, 3.63) is 0 Å². The molecule has 0 bridgehead atoms. The van der Waals surface area contributed by atoms with Gasteiger partial charge in [-0.25, -0.2) is 0 Å². The Morgan fingerprint density at radius 1 is 0.900 bits per heavy atom. The largest absolute Gasteiger partial charge is 0.298 e. The number of hydrogen-bond donors (Lipinski definition) is 0. The lowest BCUT2D eigenvalue weighted by atomic mass is 9.77. The molecule has 20 heavy (non-hydrogen) atoms. The molecule has 3 rings (SSSR count). The van der Waals surface area contributed by atoms with E-state index in [1.54, 1.807) is 0 Å². The van der Waals surface area contributed by atoms with Crippen molar-refractivity contribution in [3.63, 3.8) is 0 Å². The van der Waals surface area contributed by atoms with Crippen molar-refractivity contribution < 1.29 is 0 Å². The molecule has 0 aromatic heterocycles. The van der Waals surface area contributed by atoms with E-state index in [1.807, 2.05) is 0 Å². The maximum absolute atomic E-state index is 2.94. The first-order chi connectivity index (χ1) is 9.56. The molecular formula is C18H34N2. The Labute approximate surface area is 125 Å². The molecule has 5 atom stereocenters. The van der Waals surface area contributed by atoms with Gasteiger partial charge in [0.05, 0.1) is 0 Å². The van der Waals surface area contributed by atoms with Crippen LogP contribution in [0.25, 0.3) is 0 Å². The summed E-state index contributed by atoms with van der Waals surface area (Å²) in [5.41, 5.74) is 0. The molecule has 0 amide bonds. The van der Waals surface area contributed by atoms with Gasteiger partial charge in [0.25, 0.3) is 0 Å². The zero-order valence-corrected chi connectivity index (χ0v) is 14.0. The predicted molar refractivity (Wildman–Crippen MR) is 85.9 cm³/mol. The second-order valence-corrected chi connectivity index (χ2v) is 8.22. The summed E-state index contributed by atoms with van der Waals surface area (Å²) in [5.74, 6) is 2.66. The molecular weight excluding hydrogens is 244 g/mol. The molecule has 0 N–H and O–H groups in total. The topological polar surface area (TPSA) is 6.48 Å². The average Bonchev–Trinajstić information content (AvgIpc) is 2.87. The Balaban J connectivity index is 1.71. The summed E-state index contributed by atoms with van der Waals surface area (Å²) in [6.45, 7) is 13.9. The van der Waals surface area contributed by atoms with Gasteiger partial charge in [-0.1, -0.05) is 27.7 Å². The molecule has 1 aliphatic carbocycles. The number of hydrogen-bond acceptors (Lipinski definition) is 2. The molecule has 3 fully saturated rings. The van der Waals surface area contributed by atoms with Crippen molar-refractivity contribution in [1.82, 2.24) is 9.80 Å². The molecule has 2 heterocycles. The number of fused-ring (bicyclic) bond motifs is 1. The first-order valence-corrected chi connectivity index (χ1v) is 9.06. The Morgan fingerprint density at radius 2 is 1.70 bits per heavy atom. The van der Waals surface area contributed by atoms with Gasteiger partial charge in [0.1, 0.15) is 0 Å². The molecule has 0 aromatic rings. The van der Waals surface area contributed by atoms with E-state index in [9.17, 15) is 0 Å². The molecule has 0 radical (unpaired) electrons. The second kappa shape index (κ2) is 5.96. The SMILES string of the molecule is CC(C)C1CN2CCCC2CN1C1CCC(C)C(C)C1. The maximum Gasteiger partial charge on any atom is 0.0249 e. The zero-order valence-electron chi connectivity index (χ0n) is 14.0. The van der Waals surface area contributed by atoms with Gasteiger partial charge in [0.15, 0.2) is 0 Å². The van der Waals surface area contributed by atoms with E-state index >= 15 is 0 Å². The Bertz CT molecular complexity index is 327. The van der Waals surface area contributed by atoms with Crippen molar-refractivity contribution in [2.75, 3.05) is 19.6 Å². The summed E-state index contributed by atoms with van der Waals surface area (Å²) < 4.78 is 0. The van der Waals surface area contributed by atoms with Crippen LogP contribution in [0.5, 0.6) is 0 Å². The first-order valence-electron chi connectivity index (χ1n) is 9.06. The molecule has 0 aromatic carbocycles. The highest BCUT2D eigenvalue weighted by Crippen LogP contribution is 2.36. The second-order valence-electron chi connectivity index (χ2n) is 8.22. The third kappa shape index (κ3) is 2.78. The minimum atomic E-state index is 0.797. The fraction of sp³-hybridized carbons (Fsp3) is 1.00. The third-order valence-corrected chi connectivity index (χ3v) is 6.58. The van der Waals surface area contributed by atoms with E-state index in [4.69, 9.17) is 0 Å². The Morgan fingerprint density at radius 3 is 2.40 bits per heavy atom. The number of piperazine rings is 1. The zero-order chi connectivity index (χ0) is 14.3. The van der Waals surface area contributed by atoms with Gasteiger partial charge in [0, 0.05) is 31.2 Å². The molecule has 1 saturated carbocycles. The molecule has 2 heteroatoms. The molecule has 3 aliphatic rings. The van der Waals surface area contributed by atoms with E-state index in [-0.39, 0.29) is 0 Å². The van der Waals surface area contributed by atoms with Crippen LogP contribution in [0.1, 0.15) is 59.8 Å². The Hall–Kier alpha value is -0.0800. The summed E-state index contributed by atoms with van der Waals surface area (Å²) in [7, 11) is 0. The van der Waals surface area contributed by atoms with Crippen molar-refractivity contribution in [1.29, 1.82) is 0 Å². The lowest BCUT2D eigenvalue weighted by Gasteiger charge is -2.51. The van der Waals surface area contributed by atoms with Crippen LogP contribution in [0.15, 0.2) is 0 Å². The van der Waals surface area contributed by atoms with Gasteiger partial charge < -0.3 is 0 Å². The van der Waals surface area contributed by atoms with E-state index in [0.29, 0.717) is 0 Å². The van der Waals surface area contributed by atoms with E-state index in [0.717, 1.165) is 35.9 Å². The van der Waals surface area contributed by atoms with Crippen LogP contribution in [-0.2, 0) is 0 Å². The summed E-state index contributed by atoms with van der Waals surface area (Å²) in [6, 6.07) is 2.55. The summed E-state index contributed by atoms with van der Waals surface area (Å²) >= 11 is 0. The van der Waals surface area contributed by atoms with Crippen molar-refractivity contribution >= 4 is 0 Å². The minimum Gasteiger partial charge on any atom is -0.298 e. The van der Waals surface area contributed by atoms with Gasteiger partial charge >= 0.3 is 0 Å². The Kier molecular flexibility index (Phi) is 4.42. The lowest BCUT2D eigenvalue weighted by molar-refractivity contribution is -0.0209. The number of nitrogens with zero attached hydrogens (tertiary/aromatic N) is 2. The molecule has 5 unspecified atom stereocenters. The van der Waals surface area contributed by atoms with E-state index < -0.39 is 0 Å². The highest BCUT2D eigenvalue weighted by Gasteiger charge is 2.41. The maximum atomic E-state index is 2.94. The summed E-state index contributed by atoms with van der Waals surface area (Å²) in [4.78, 5) is 5.73. The van der Waals surface area contributed by atoms with Gasteiger partial charge in [-0.3, -0.25) is 9.80 Å². The van der Waals surface area contributed by atoms with Gasteiger partial charge in [-0.15, -0.1) is 0 Å². The minimum absolute atomic E-state index is 0.797. The van der Waals surface area contributed by atoms with Crippen molar-refractivity contribution in [3.8, 4) is 0 Å². The molecule has 2 aliphatic heterocycles. The van der Waals surface area contributed by atoms with Crippen LogP contribution in [0.2, 0.25) is 0 Å². The molecule has 2 nitrogen and oxygen atoms in total. The standard InChI is InChI=1S/C18H34N2/c1-13(2)18-12-19-9-5-6-17(19)11-20(18)16-8-7-14(3)15(4)10-16/h13-18H,5-12H2,1-4H3. The third-order valence-electron chi connectivity index (χ3n) is 6.58. The highest BCUT2D eigenvalue weighted by atomic mass is 15.3. The van der Waals surface area contributed by atoms with Crippen LogP contribution in [0.4, 0.5) is 0 Å². The fourth-order valence-electron chi connectivity index (χ4n) is 4.90. The fourth-order valence-corrected chi connectivity index (χ4v) is 4.90. The van der Waals surface area contributed by atoms with Gasteiger partial charge in [-0.05, 0) is 56.4 Å². The quantitative estimate of drug-likeness (QED) is 0.761. The highest BCUT2D eigenvalue weighted by molar-refractivity contribution is 4.97. The summed E-state index contributed by atoms with van der Waals surface area (Å²) in [6.07, 6.45) is 7.21. The molecule has 116 valence electrons. The van der Waals surface area contributed by atoms with Gasteiger partial charge in [0.2, 0.25) is 0 Å². The lowest BCUT2D eigenvalue weighted by Crippen LogP contribution is -2.61. The predicted octanol–water partition coefficient (Wildman–Crippen LogP) is 3.62. The normalized spacial score (nSPS) is 44.0. The van der Waals surface area contributed by atoms with Crippen molar-refractivity contribution in [2.45, 2.75) is 77.9 Å². The van der Waals surface area contributed by atoms with E-state index in [1.165, 1.54) is 51.7 Å². The van der Waals surface area contributed by atoms with Gasteiger partial charge in [-0.2, -0.15) is 0 Å². The van der Waals surface area contributed by atoms with Crippen LogP contribution >= 0.6 is 0 Å². The van der Waals surface area contributed by atoms with Crippen LogP contribution < -0.4 is 0 Å². The average molecular weight is 278 g/mol. The molecule has 2 saturated heterocycles. The molecule has 0 spiro atoms. The van der Waals surface area contributed by atoms with E-state index in [2.05, 4.69) is 37.5 Å². The number of rotatable bonds is 2. The first kappa shape index (κ1) is 14.8. The van der Waals surface area contributed by atoms with Crippen LogP contribution in [0, 0.1) is 17.8 Å². The monoisotopic (exact) mass is 278 g/mol. The smallest absolute Gasteiger partial charge is 0.0249 e. The van der Waals surface area contributed by atoms with Crippen LogP contribution in [0.3, 0.4) is 0 Å².